The standard InChI is InChI=1S/C10H14N2S/c1-4-5-6-11-8(2)10-9(3)12-7-13-10/h7-8,11H,6H2,1-3H3. The summed E-state index contributed by atoms with van der Waals surface area (Å²) < 4.78 is 0. The zero-order chi connectivity index (χ0) is 9.68. The van der Waals surface area contributed by atoms with E-state index in [0.29, 0.717) is 6.04 Å². The fourth-order valence-electron chi connectivity index (χ4n) is 1.11. The molecule has 2 nitrogen and oxygen atoms in total. The third-order valence-corrected chi connectivity index (χ3v) is 2.96. The highest BCUT2D eigenvalue weighted by molar-refractivity contribution is 7.09. The fourth-order valence-corrected chi connectivity index (χ4v) is 1.95. The van der Waals surface area contributed by atoms with E-state index in [-0.39, 0.29) is 0 Å². The average molecular weight is 194 g/mol. The quantitative estimate of drug-likeness (QED) is 0.746. The van der Waals surface area contributed by atoms with Crippen LogP contribution in [0.5, 0.6) is 0 Å². The van der Waals surface area contributed by atoms with Gasteiger partial charge in [-0.1, -0.05) is 5.92 Å². The summed E-state index contributed by atoms with van der Waals surface area (Å²) in [5.41, 5.74) is 3.00. The Kier molecular flexibility index (Phi) is 3.94. The molecule has 3 heteroatoms. The van der Waals surface area contributed by atoms with Crippen molar-refractivity contribution < 1.29 is 0 Å². The fraction of sp³-hybridized carbons (Fsp3) is 0.500. The van der Waals surface area contributed by atoms with Crippen LogP contribution in [0, 0.1) is 18.8 Å². The van der Waals surface area contributed by atoms with Crippen LogP contribution in [0.25, 0.3) is 0 Å². The second-order valence-electron chi connectivity index (χ2n) is 2.83. The van der Waals surface area contributed by atoms with E-state index in [2.05, 4.69) is 29.1 Å². The maximum absolute atomic E-state index is 4.21. The van der Waals surface area contributed by atoms with Gasteiger partial charge in [0.05, 0.1) is 17.7 Å². The van der Waals surface area contributed by atoms with Crippen LogP contribution in [0.3, 0.4) is 0 Å². The summed E-state index contributed by atoms with van der Waals surface area (Å²) in [5, 5.41) is 3.32. The summed E-state index contributed by atoms with van der Waals surface area (Å²) in [7, 11) is 0. The molecule has 0 spiro atoms. The topological polar surface area (TPSA) is 24.9 Å². The minimum Gasteiger partial charge on any atom is -0.299 e. The summed E-state index contributed by atoms with van der Waals surface area (Å²) in [6, 6.07) is 0.355. The van der Waals surface area contributed by atoms with Gasteiger partial charge in [-0.15, -0.1) is 17.3 Å². The van der Waals surface area contributed by atoms with Crippen molar-refractivity contribution >= 4 is 11.3 Å². The van der Waals surface area contributed by atoms with Gasteiger partial charge in [0.25, 0.3) is 0 Å². The Bertz CT molecular complexity index is 319. The molecular formula is C10H14N2S. The Labute approximate surface area is 83.4 Å². The van der Waals surface area contributed by atoms with Crippen molar-refractivity contribution in [2.24, 2.45) is 0 Å². The number of aromatic nitrogens is 1. The third-order valence-electron chi connectivity index (χ3n) is 1.85. The van der Waals surface area contributed by atoms with Gasteiger partial charge in [-0.3, -0.25) is 5.32 Å². The molecule has 70 valence electrons. The molecule has 0 saturated heterocycles. The molecule has 0 aliphatic heterocycles. The maximum Gasteiger partial charge on any atom is 0.0798 e. The highest BCUT2D eigenvalue weighted by Crippen LogP contribution is 2.20. The molecule has 1 aromatic rings. The van der Waals surface area contributed by atoms with Crippen LogP contribution in [0.4, 0.5) is 0 Å². The van der Waals surface area contributed by atoms with Gasteiger partial charge < -0.3 is 0 Å². The Hall–Kier alpha value is -0.850. The first-order valence-electron chi connectivity index (χ1n) is 4.28. The molecule has 0 aliphatic carbocycles. The van der Waals surface area contributed by atoms with Crippen molar-refractivity contribution in [1.82, 2.24) is 10.3 Å². The summed E-state index contributed by atoms with van der Waals surface area (Å²) in [6.07, 6.45) is 0. The molecular weight excluding hydrogens is 180 g/mol. The zero-order valence-corrected chi connectivity index (χ0v) is 9.03. The van der Waals surface area contributed by atoms with Crippen LogP contribution in [0.1, 0.15) is 30.5 Å². The number of hydrogen-bond acceptors (Lipinski definition) is 3. The monoisotopic (exact) mass is 194 g/mol. The normalized spacial score (nSPS) is 11.9. The summed E-state index contributed by atoms with van der Waals surface area (Å²) in [6.45, 7) is 6.77. The second kappa shape index (κ2) is 5.00. The molecule has 0 aliphatic rings. The van der Waals surface area contributed by atoms with E-state index in [1.165, 1.54) is 4.88 Å². The van der Waals surface area contributed by atoms with Gasteiger partial charge in [0.1, 0.15) is 0 Å². The number of nitrogens with one attached hydrogen (secondary N) is 1. The minimum atomic E-state index is 0.355. The van der Waals surface area contributed by atoms with E-state index in [1.807, 2.05) is 19.4 Å². The van der Waals surface area contributed by atoms with E-state index in [0.717, 1.165) is 12.2 Å². The van der Waals surface area contributed by atoms with Crippen LogP contribution >= 0.6 is 11.3 Å². The Balaban J connectivity index is 2.52. The molecule has 0 bridgehead atoms. The predicted molar refractivity (Wildman–Crippen MR) is 56.7 cm³/mol. The molecule has 1 N–H and O–H groups in total. The van der Waals surface area contributed by atoms with Gasteiger partial charge in [-0.05, 0) is 20.8 Å². The maximum atomic E-state index is 4.21. The Morgan fingerprint density at radius 2 is 2.46 bits per heavy atom. The third kappa shape index (κ3) is 2.83. The summed E-state index contributed by atoms with van der Waals surface area (Å²) in [5.74, 6) is 5.84. The highest BCUT2D eigenvalue weighted by Gasteiger charge is 2.08. The summed E-state index contributed by atoms with van der Waals surface area (Å²) in [4.78, 5) is 5.51. The van der Waals surface area contributed by atoms with Crippen molar-refractivity contribution in [3.8, 4) is 11.8 Å². The lowest BCUT2D eigenvalue weighted by Gasteiger charge is -2.09. The van der Waals surface area contributed by atoms with Gasteiger partial charge in [0, 0.05) is 10.9 Å². The van der Waals surface area contributed by atoms with E-state index in [1.54, 1.807) is 11.3 Å². The molecule has 1 aromatic heterocycles. The first-order chi connectivity index (χ1) is 6.25. The zero-order valence-electron chi connectivity index (χ0n) is 8.22. The number of hydrogen-bond donors (Lipinski definition) is 1. The lowest BCUT2D eigenvalue weighted by Crippen LogP contribution is -2.18. The van der Waals surface area contributed by atoms with Gasteiger partial charge in [0.2, 0.25) is 0 Å². The lowest BCUT2D eigenvalue weighted by molar-refractivity contribution is 0.629. The van der Waals surface area contributed by atoms with Crippen molar-refractivity contribution in [3.05, 3.63) is 16.1 Å². The van der Waals surface area contributed by atoms with Crippen LogP contribution in [-0.4, -0.2) is 11.5 Å². The van der Waals surface area contributed by atoms with Gasteiger partial charge in [0.15, 0.2) is 0 Å². The average Bonchev–Trinajstić information content (AvgIpc) is 2.52. The molecule has 1 heterocycles. The summed E-state index contributed by atoms with van der Waals surface area (Å²) >= 11 is 1.69. The van der Waals surface area contributed by atoms with E-state index in [4.69, 9.17) is 0 Å². The van der Waals surface area contributed by atoms with Gasteiger partial charge in [-0.2, -0.15) is 0 Å². The largest absolute Gasteiger partial charge is 0.299 e. The SMILES string of the molecule is CC#CCNC(C)c1scnc1C. The van der Waals surface area contributed by atoms with Crippen molar-refractivity contribution in [3.63, 3.8) is 0 Å². The van der Waals surface area contributed by atoms with Crippen molar-refractivity contribution in [1.29, 1.82) is 0 Å². The molecule has 0 saturated carbocycles. The number of aryl methyl sites for hydroxylation is 1. The number of rotatable bonds is 3. The molecule has 1 rings (SSSR count). The second-order valence-corrected chi connectivity index (χ2v) is 3.72. The highest BCUT2D eigenvalue weighted by atomic mass is 32.1. The lowest BCUT2D eigenvalue weighted by atomic mass is 10.2. The van der Waals surface area contributed by atoms with Crippen molar-refractivity contribution in [2.75, 3.05) is 6.54 Å². The number of nitrogens with zero attached hydrogens (tertiary/aromatic N) is 1. The van der Waals surface area contributed by atoms with Crippen LogP contribution in [0.15, 0.2) is 5.51 Å². The molecule has 0 radical (unpaired) electrons. The van der Waals surface area contributed by atoms with Crippen LogP contribution in [-0.2, 0) is 0 Å². The molecule has 1 unspecified atom stereocenters. The molecule has 0 fully saturated rings. The first-order valence-corrected chi connectivity index (χ1v) is 5.16. The van der Waals surface area contributed by atoms with Crippen molar-refractivity contribution in [2.45, 2.75) is 26.8 Å². The molecule has 13 heavy (non-hydrogen) atoms. The first kappa shape index (κ1) is 10.2. The van der Waals surface area contributed by atoms with Crippen LogP contribution in [0.2, 0.25) is 0 Å². The molecule has 1 atom stereocenters. The Morgan fingerprint density at radius 3 is 3.00 bits per heavy atom. The van der Waals surface area contributed by atoms with E-state index < -0.39 is 0 Å². The Morgan fingerprint density at radius 1 is 1.69 bits per heavy atom. The molecule has 0 amide bonds. The minimum absolute atomic E-state index is 0.355. The van der Waals surface area contributed by atoms with E-state index in [9.17, 15) is 0 Å². The molecule has 0 aromatic carbocycles. The van der Waals surface area contributed by atoms with Gasteiger partial charge >= 0.3 is 0 Å². The smallest absolute Gasteiger partial charge is 0.0798 e. The number of thiazole rings is 1. The van der Waals surface area contributed by atoms with Gasteiger partial charge in [-0.25, -0.2) is 4.98 Å². The van der Waals surface area contributed by atoms with E-state index >= 15 is 0 Å². The predicted octanol–water partition coefficient (Wildman–Crippen LogP) is 2.13. The van der Waals surface area contributed by atoms with Crippen LogP contribution < -0.4 is 5.32 Å².